The molecule has 4 nitrogen and oxygen atoms in total. The summed E-state index contributed by atoms with van der Waals surface area (Å²) in [6, 6.07) is 3.66. The van der Waals surface area contributed by atoms with Gasteiger partial charge in [0.2, 0.25) is 5.91 Å². The zero-order valence-corrected chi connectivity index (χ0v) is 11.0. The largest absolute Gasteiger partial charge is 0.480 e. The molecule has 96 valence electrons. The standard InChI is InChI=1S/C12H11BrFNO3/c13-8-2-1-7(9(14)5-8)6-15-10(12(17)18)3-4-11(15)16/h1-2,5,10H,3-4,6H2,(H,17,18). The molecule has 18 heavy (non-hydrogen) atoms. The highest BCUT2D eigenvalue weighted by molar-refractivity contribution is 9.10. The molecule has 6 heteroatoms. The number of halogens is 2. The molecule has 1 heterocycles. The lowest BCUT2D eigenvalue weighted by Crippen LogP contribution is -2.38. The summed E-state index contributed by atoms with van der Waals surface area (Å²) in [5, 5.41) is 9.00. The molecule has 0 spiro atoms. The van der Waals surface area contributed by atoms with E-state index in [1.807, 2.05) is 0 Å². The van der Waals surface area contributed by atoms with Gasteiger partial charge in [-0.25, -0.2) is 9.18 Å². The summed E-state index contributed by atoms with van der Waals surface area (Å²) in [6.45, 7) is -0.00505. The maximum Gasteiger partial charge on any atom is 0.326 e. The van der Waals surface area contributed by atoms with Gasteiger partial charge in [-0.2, -0.15) is 0 Å². The Balaban J connectivity index is 2.21. The van der Waals surface area contributed by atoms with Crippen molar-refractivity contribution in [2.24, 2.45) is 0 Å². The summed E-state index contributed by atoms with van der Waals surface area (Å²) in [7, 11) is 0. The van der Waals surface area contributed by atoms with Gasteiger partial charge in [0.15, 0.2) is 0 Å². The molecule has 1 aliphatic heterocycles. The molecule has 0 saturated carbocycles. The van der Waals surface area contributed by atoms with E-state index >= 15 is 0 Å². The number of likely N-dealkylation sites (tertiary alicyclic amines) is 1. The predicted octanol–water partition coefficient (Wildman–Crippen LogP) is 2.16. The van der Waals surface area contributed by atoms with E-state index in [2.05, 4.69) is 15.9 Å². The molecule has 0 aliphatic carbocycles. The van der Waals surface area contributed by atoms with E-state index in [-0.39, 0.29) is 25.3 Å². The first-order valence-electron chi connectivity index (χ1n) is 5.45. The predicted molar refractivity (Wildman–Crippen MR) is 65.3 cm³/mol. The van der Waals surface area contributed by atoms with E-state index in [1.54, 1.807) is 12.1 Å². The average molecular weight is 316 g/mol. The Kier molecular flexibility index (Phi) is 3.65. The lowest BCUT2D eigenvalue weighted by atomic mass is 10.1. The molecule has 1 amide bonds. The molecule has 1 N–H and O–H groups in total. The molecule has 1 fully saturated rings. The first-order chi connectivity index (χ1) is 8.49. The quantitative estimate of drug-likeness (QED) is 0.930. The third-order valence-electron chi connectivity index (χ3n) is 2.97. The number of carboxylic acid groups (broad SMARTS) is 1. The molecule has 0 aromatic heterocycles. The van der Waals surface area contributed by atoms with Gasteiger partial charge in [0.05, 0.1) is 0 Å². The monoisotopic (exact) mass is 315 g/mol. The number of aliphatic carboxylic acids is 1. The number of benzene rings is 1. The van der Waals surface area contributed by atoms with Crippen molar-refractivity contribution in [1.82, 2.24) is 4.90 Å². The zero-order chi connectivity index (χ0) is 13.3. The van der Waals surface area contributed by atoms with E-state index in [4.69, 9.17) is 5.11 Å². The molecule has 0 radical (unpaired) electrons. The number of carboxylic acids is 1. The highest BCUT2D eigenvalue weighted by Gasteiger charge is 2.36. The summed E-state index contributed by atoms with van der Waals surface area (Å²) in [6.07, 6.45) is 0.488. The minimum atomic E-state index is -1.04. The Labute approximate surface area is 112 Å². The summed E-state index contributed by atoms with van der Waals surface area (Å²) >= 11 is 3.14. The molecule has 0 bridgehead atoms. The molecule has 1 aliphatic rings. The van der Waals surface area contributed by atoms with Crippen LogP contribution in [0.5, 0.6) is 0 Å². The van der Waals surface area contributed by atoms with E-state index in [0.29, 0.717) is 10.0 Å². The first-order valence-corrected chi connectivity index (χ1v) is 6.24. The lowest BCUT2D eigenvalue weighted by Gasteiger charge is -2.21. The van der Waals surface area contributed by atoms with Crippen LogP contribution in [0.2, 0.25) is 0 Å². The van der Waals surface area contributed by atoms with Crippen molar-refractivity contribution >= 4 is 27.8 Å². The van der Waals surface area contributed by atoms with Gasteiger partial charge in [-0.3, -0.25) is 4.79 Å². The Morgan fingerprint density at radius 1 is 1.56 bits per heavy atom. The number of rotatable bonds is 3. The van der Waals surface area contributed by atoms with Crippen LogP contribution in [0.25, 0.3) is 0 Å². The van der Waals surface area contributed by atoms with Gasteiger partial charge in [-0.1, -0.05) is 22.0 Å². The Morgan fingerprint density at radius 2 is 2.28 bits per heavy atom. The van der Waals surface area contributed by atoms with Gasteiger partial charge in [-0.15, -0.1) is 0 Å². The Morgan fingerprint density at radius 3 is 2.89 bits per heavy atom. The fourth-order valence-corrected chi connectivity index (χ4v) is 2.36. The van der Waals surface area contributed by atoms with Crippen molar-refractivity contribution < 1.29 is 19.1 Å². The molecule has 2 rings (SSSR count). The van der Waals surface area contributed by atoms with E-state index in [9.17, 15) is 14.0 Å². The van der Waals surface area contributed by atoms with Crippen molar-refractivity contribution in [2.75, 3.05) is 0 Å². The summed E-state index contributed by atoms with van der Waals surface area (Å²) in [4.78, 5) is 23.8. The van der Waals surface area contributed by atoms with Crippen LogP contribution in [0.1, 0.15) is 18.4 Å². The number of hydrogen-bond acceptors (Lipinski definition) is 2. The van der Waals surface area contributed by atoms with Gasteiger partial charge in [0, 0.05) is 23.0 Å². The highest BCUT2D eigenvalue weighted by Crippen LogP contribution is 2.24. The maximum atomic E-state index is 13.6. The average Bonchev–Trinajstić information content (AvgIpc) is 2.64. The minimum Gasteiger partial charge on any atom is -0.480 e. The van der Waals surface area contributed by atoms with Crippen molar-refractivity contribution in [3.05, 3.63) is 34.1 Å². The third-order valence-corrected chi connectivity index (χ3v) is 3.46. The van der Waals surface area contributed by atoms with E-state index in [0.717, 1.165) is 0 Å². The third kappa shape index (κ3) is 2.53. The van der Waals surface area contributed by atoms with E-state index in [1.165, 1.54) is 11.0 Å². The molecule has 1 atom stereocenters. The summed E-state index contributed by atoms with van der Waals surface area (Å²) in [5.41, 5.74) is 0.319. The first kappa shape index (κ1) is 13.0. The van der Waals surface area contributed by atoms with Crippen LogP contribution < -0.4 is 0 Å². The number of nitrogens with zero attached hydrogens (tertiary/aromatic N) is 1. The topological polar surface area (TPSA) is 57.6 Å². The van der Waals surface area contributed by atoms with Crippen LogP contribution >= 0.6 is 15.9 Å². The minimum absolute atomic E-state index is 0.00505. The van der Waals surface area contributed by atoms with Gasteiger partial charge in [0.1, 0.15) is 11.9 Å². The Bertz CT molecular complexity index is 506. The second-order valence-electron chi connectivity index (χ2n) is 4.15. The number of hydrogen-bond donors (Lipinski definition) is 1. The van der Waals surface area contributed by atoms with Crippen LogP contribution in [0.3, 0.4) is 0 Å². The van der Waals surface area contributed by atoms with Crippen LogP contribution in [0.4, 0.5) is 4.39 Å². The molecular weight excluding hydrogens is 305 g/mol. The van der Waals surface area contributed by atoms with Gasteiger partial charge in [0.25, 0.3) is 0 Å². The van der Waals surface area contributed by atoms with E-state index < -0.39 is 17.8 Å². The van der Waals surface area contributed by atoms with Crippen molar-refractivity contribution in [1.29, 1.82) is 0 Å². The lowest BCUT2D eigenvalue weighted by molar-refractivity contribution is -0.146. The van der Waals surface area contributed by atoms with Gasteiger partial charge >= 0.3 is 5.97 Å². The fraction of sp³-hybridized carbons (Fsp3) is 0.333. The molecule has 1 aromatic rings. The SMILES string of the molecule is O=C(O)C1CCC(=O)N1Cc1ccc(Br)cc1F. The fourth-order valence-electron chi connectivity index (χ4n) is 2.02. The van der Waals surface area contributed by atoms with Gasteiger partial charge in [-0.05, 0) is 18.6 Å². The normalized spacial score (nSPS) is 19.3. The molecule has 1 aromatic carbocycles. The van der Waals surface area contributed by atoms with Crippen LogP contribution in [-0.4, -0.2) is 27.9 Å². The van der Waals surface area contributed by atoms with Crippen LogP contribution in [0.15, 0.2) is 22.7 Å². The second-order valence-corrected chi connectivity index (χ2v) is 5.07. The second kappa shape index (κ2) is 5.06. The molecule has 1 saturated heterocycles. The van der Waals surface area contributed by atoms with Crippen molar-refractivity contribution in [3.63, 3.8) is 0 Å². The van der Waals surface area contributed by atoms with Gasteiger partial charge < -0.3 is 10.0 Å². The number of carbonyl (C=O) groups is 2. The zero-order valence-electron chi connectivity index (χ0n) is 9.40. The molecule has 1 unspecified atom stereocenters. The maximum absolute atomic E-state index is 13.6. The summed E-state index contributed by atoms with van der Waals surface area (Å²) < 4.78 is 14.2. The highest BCUT2D eigenvalue weighted by atomic mass is 79.9. The Hall–Kier alpha value is -1.43. The van der Waals surface area contributed by atoms with Crippen molar-refractivity contribution in [3.8, 4) is 0 Å². The smallest absolute Gasteiger partial charge is 0.326 e. The number of carbonyl (C=O) groups excluding carboxylic acids is 1. The van der Waals surface area contributed by atoms with Crippen molar-refractivity contribution in [2.45, 2.75) is 25.4 Å². The molecular formula is C12H11BrFNO3. The number of amides is 1. The summed E-state index contributed by atoms with van der Waals surface area (Å²) in [5.74, 6) is -1.74. The van der Waals surface area contributed by atoms with Crippen LogP contribution in [0, 0.1) is 5.82 Å². The van der Waals surface area contributed by atoms with Crippen LogP contribution in [-0.2, 0) is 16.1 Å².